The Morgan fingerprint density at radius 3 is 2.87 bits per heavy atom. The van der Waals surface area contributed by atoms with Crippen LogP contribution in [0.5, 0.6) is 5.88 Å². The van der Waals surface area contributed by atoms with E-state index in [1.54, 1.807) is 6.92 Å². The van der Waals surface area contributed by atoms with E-state index < -0.39 is 16.7 Å². The van der Waals surface area contributed by atoms with Crippen LogP contribution in [0.2, 0.25) is 0 Å². The van der Waals surface area contributed by atoms with E-state index in [1.165, 1.54) is 0 Å². The summed E-state index contributed by atoms with van der Waals surface area (Å²) in [6, 6.07) is 1.52. The molecule has 0 amide bonds. The van der Waals surface area contributed by atoms with Crippen LogP contribution in [0.25, 0.3) is 0 Å². The average Bonchev–Trinajstić information content (AvgIpc) is 3.20. The Labute approximate surface area is 170 Å². The van der Waals surface area contributed by atoms with Gasteiger partial charge in [-0.25, -0.2) is 0 Å². The van der Waals surface area contributed by atoms with Crippen molar-refractivity contribution in [1.29, 1.82) is 0 Å². The topological polar surface area (TPSA) is 120 Å². The van der Waals surface area contributed by atoms with Gasteiger partial charge in [-0.1, -0.05) is 0 Å². The molecule has 0 aromatic carbocycles. The van der Waals surface area contributed by atoms with E-state index in [0.29, 0.717) is 26.0 Å². The second-order valence-corrected chi connectivity index (χ2v) is 6.22. The molecule has 1 saturated heterocycles. The Morgan fingerprint density at radius 1 is 1.43 bits per heavy atom. The SMILES string of the molecule is CCOCCOc1cc(C(F)(F)F)cc(NN/C(=C\[N+](=O)[O-])NCC2CCCO2)n1. The summed E-state index contributed by atoms with van der Waals surface area (Å²) >= 11 is 0. The lowest BCUT2D eigenvalue weighted by Gasteiger charge is -2.17. The molecule has 168 valence electrons. The van der Waals surface area contributed by atoms with Crippen LogP contribution in [-0.4, -0.2) is 49.0 Å². The Bertz CT molecular complexity index is 726. The van der Waals surface area contributed by atoms with Crippen LogP contribution >= 0.6 is 0 Å². The minimum atomic E-state index is -4.63. The van der Waals surface area contributed by atoms with Crippen molar-refractivity contribution < 1.29 is 32.3 Å². The first-order valence-corrected chi connectivity index (χ1v) is 9.30. The Hall–Kier alpha value is -2.80. The first-order valence-electron chi connectivity index (χ1n) is 9.30. The summed E-state index contributed by atoms with van der Waals surface area (Å²) in [4.78, 5) is 14.1. The lowest BCUT2D eigenvalue weighted by atomic mass is 10.2. The molecule has 10 nitrogen and oxygen atoms in total. The molecule has 0 spiro atoms. The molecular formula is C17H24F3N5O5. The largest absolute Gasteiger partial charge is 0.475 e. The van der Waals surface area contributed by atoms with Gasteiger partial charge in [-0.15, -0.1) is 0 Å². The molecule has 0 aliphatic carbocycles. The number of alkyl halides is 3. The van der Waals surface area contributed by atoms with E-state index in [1.807, 2.05) is 0 Å². The monoisotopic (exact) mass is 435 g/mol. The molecule has 1 unspecified atom stereocenters. The summed E-state index contributed by atoms with van der Waals surface area (Å²) in [7, 11) is 0. The highest BCUT2D eigenvalue weighted by Gasteiger charge is 2.32. The number of hydrazine groups is 1. The van der Waals surface area contributed by atoms with Gasteiger partial charge in [-0.3, -0.25) is 21.0 Å². The molecule has 1 aromatic heterocycles. The number of nitrogens with one attached hydrogen (secondary N) is 3. The van der Waals surface area contributed by atoms with E-state index in [0.717, 1.165) is 25.0 Å². The lowest BCUT2D eigenvalue weighted by molar-refractivity contribution is -0.404. The number of pyridine rings is 1. The van der Waals surface area contributed by atoms with Crippen molar-refractivity contribution in [1.82, 2.24) is 15.7 Å². The van der Waals surface area contributed by atoms with Gasteiger partial charge >= 0.3 is 6.18 Å². The maximum atomic E-state index is 13.2. The predicted octanol–water partition coefficient (Wildman–Crippen LogP) is 2.28. The van der Waals surface area contributed by atoms with Crippen molar-refractivity contribution in [3.05, 3.63) is 39.8 Å². The number of aromatic nitrogens is 1. The van der Waals surface area contributed by atoms with Gasteiger partial charge in [0, 0.05) is 25.8 Å². The van der Waals surface area contributed by atoms with Crippen LogP contribution in [0.3, 0.4) is 0 Å². The maximum Gasteiger partial charge on any atom is 0.416 e. The number of halogens is 3. The summed E-state index contributed by atoms with van der Waals surface area (Å²) in [6.07, 6.45) is -2.38. The smallest absolute Gasteiger partial charge is 0.416 e. The highest BCUT2D eigenvalue weighted by Crippen LogP contribution is 2.32. The van der Waals surface area contributed by atoms with Gasteiger partial charge in [-0.05, 0) is 25.8 Å². The molecule has 0 saturated carbocycles. The second kappa shape index (κ2) is 11.4. The molecule has 3 N–H and O–H groups in total. The first-order chi connectivity index (χ1) is 14.3. The van der Waals surface area contributed by atoms with E-state index in [4.69, 9.17) is 14.2 Å². The van der Waals surface area contributed by atoms with Crippen molar-refractivity contribution in [2.24, 2.45) is 0 Å². The molecule has 13 heteroatoms. The normalized spacial score (nSPS) is 16.9. The maximum absolute atomic E-state index is 13.2. The molecule has 1 atom stereocenters. The Morgan fingerprint density at radius 2 is 2.23 bits per heavy atom. The minimum Gasteiger partial charge on any atom is -0.475 e. The summed E-state index contributed by atoms with van der Waals surface area (Å²) in [5.74, 6) is -0.557. The number of hydrogen-bond acceptors (Lipinski definition) is 9. The molecule has 1 aliphatic heterocycles. The van der Waals surface area contributed by atoms with E-state index in [2.05, 4.69) is 21.2 Å². The van der Waals surface area contributed by atoms with Crippen molar-refractivity contribution in [3.63, 3.8) is 0 Å². The average molecular weight is 435 g/mol. The third kappa shape index (κ3) is 8.29. The molecule has 0 radical (unpaired) electrons. The van der Waals surface area contributed by atoms with Crippen molar-refractivity contribution >= 4 is 5.82 Å². The fourth-order valence-electron chi connectivity index (χ4n) is 2.54. The van der Waals surface area contributed by atoms with Gasteiger partial charge < -0.3 is 19.5 Å². The third-order valence-corrected chi connectivity index (χ3v) is 3.91. The van der Waals surface area contributed by atoms with Gasteiger partial charge in [0.25, 0.3) is 6.20 Å². The zero-order valence-corrected chi connectivity index (χ0v) is 16.3. The quantitative estimate of drug-likeness (QED) is 0.258. The molecule has 1 fully saturated rings. The molecule has 2 rings (SSSR count). The molecular weight excluding hydrogens is 411 g/mol. The van der Waals surface area contributed by atoms with Crippen molar-refractivity contribution in [2.75, 3.05) is 38.4 Å². The van der Waals surface area contributed by atoms with E-state index in [9.17, 15) is 23.3 Å². The highest BCUT2D eigenvalue weighted by atomic mass is 19.4. The number of anilines is 1. The zero-order valence-electron chi connectivity index (χ0n) is 16.3. The van der Waals surface area contributed by atoms with Crippen molar-refractivity contribution in [3.8, 4) is 5.88 Å². The van der Waals surface area contributed by atoms with Crippen LogP contribution in [0.4, 0.5) is 19.0 Å². The molecule has 1 aliphatic rings. The van der Waals surface area contributed by atoms with Gasteiger partial charge in [0.05, 0.1) is 23.2 Å². The number of nitrogens with zero attached hydrogens (tertiary/aromatic N) is 2. The van der Waals surface area contributed by atoms with E-state index in [-0.39, 0.29) is 36.8 Å². The zero-order chi connectivity index (χ0) is 22.0. The predicted molar refractivity (Wildman–Crippen MR) is 100 cm³/mol. The van der Waals surface area contributed by atoms with Gasteiger partial charge in [0.15, 0.2) is 5.82 Å². The summed E-state index contributed by atoms with van der Waals surface area (Å²) in [5, 5.41) is 13.6. The van der Waals surface area contributed by atoms with Crippen molar-refractivity contribution in [2.45, 2.75) is 32.0 Å². The molecule has 2 heterocycles. The van der Waals surface area contributed by atoms with Gasteiger partial charge in [0.1, 0.15) is 12.4 Å². The Kier molecular flexibility index (Phi) is 8.92. The fraction of sp³-hybridized carbons (Fsp3) is 0.588. The van der Waals surface area contributed by atoms with Gasteiger partial charge in [-0.2, -0.15) is 18.2 Å². The third-order valence-electron chi connectivity index (χ3n) is 3.91. The highest BCUT2D eigenvalue weighted by molar-refractivity contribution is 5.42. The molecule has 0 bridgehead atoms. The molecule has 1 aromatic rings. The van der Waals surface area contributed by atoms with Crippen LogP contribution in [0.15, 0.2) is 24.2 Å². The Balaban J connectivity index is 2.05. The number of rotatable bonds is 12. The lowest BCUT2D eigenvalue weighted by Crippen LogP contribution is -2.36. The summed E-state index contributed by atoms with van der Waals surface area (Å²) in [5.41, 5.74) is 3.91. The van der Waals surface area contributed by atoms with Crippen LogP contribution in [-0.2, 0) is 15.7 Å². The van der Waals surface area contributed by atoms with Crippen LogP contribution < -0.4 is 20.9 Å². The number of nitro groups is 1. The fourth-order valence-corrected chi connectivity index (χ4v) is 2.54. The first kappa shape index (κ1) is 23.5. The standard InChI is InChI=1S/C17H24F3N5O5/c1-2-28-6-7-30-16-9-12(17(18,19)20)8-14(22-16)23-24-15(11-25(26)27)21-10-13-4-3-5-29-13/h8-9,11,13,21,24H,2-7,10H2,1H3,(H,22,23)/b15-11-. The van der Waals surface area contributed by atoms with Gasteiger partial charge in [0.2, 0.25) is 5.88 Å². The van der Waals surface area contributed by atoms with E-state index >= 15 is 0 Å². The summed E-state index contributed by atoms with van der Waals surface area (Å²) in [6.45, 7) is 3.35. The minimum absolute atomic E-state index is 0.0183. The summed E-state index contributed by atoms with van der Waals surface area (Å²) < 4.78 is 55.2. The molecule has 30 heavy (non-hydrogen) atoms. The second-order valence-electron chi connectivity index (χ2n) is 6.22. The van der Waals surface area contributed by atoms with Crippen LogP contribution in [0, 0.1) is 10.1 Å². The number of hydrogen-bond donors (Lipinski definition) is 3. The number of ether oxygens (including phenoxy) is 3. The van der Waals surface area contributed by atoms with Crippen LogP contribution in [0.1, 0.15) is 25.3 Å².